The molecule has 0 aromatic heterocycles. The normalized spacial score (nSPS) is 14.3. The Balaban J connectivity index is 2.57. The maximum absolute atomic E-state index is 10.2. The number of methoxy groups -OCH3 is 1. The smallest absolute Gasteiger partial charge is 0.123 e. The van der Waals surface area contributed by atoms with Gasteiger partial charge < -0.3 is 19.9 Å². The van der Waals surface area contributed by atoms with Crippen LogP contribution in [0, 0.1) is 5.92 Å². The molecule has 0 aliphatic rings. The van der Waals surface area contributed by atoms with Gasteiger partial charge in [0.25, 0.3) is 0 Å². The second kappa shape index (κ2) is 8.25. The molecule has 0 radical (unpaired) electrons. The van der Waals surface area contributed by atoms with Gasteiger partial charge in [-0.15, -0.1) is 0 Å². The van der Waals surface area contributed by atoms with Crippen molar-refractivity contribution in [2.75, 3.05) is 26.9 Å². The number of nitrogens with one attached hydrogen (secondary N) is 1. The molecule has 20 heavy (non-hydrogen) atoms. The maximum atomic E-state index is 10.2. The Labute approximate surface area is 122 Å². The van der Waals surface area contributed by atoms with Crippen LogP contribution >= 0.6 is 0 Å². The van der Waals surface area contributed by atoms with Crippen LogP contribution in [0.15, 0.2) is 24.3 Å². The summed E-state index contributed by atoms with van der Waals surface area (Å²) in [4.78, 5) is 0. The van der Waals surface area contributed by atoms with Crippen molar-refractivity contribution < 1.29 is 14.6 Å². The van der Waals surface area contributed by atoms with Crippen molar-refractivity contribution in [3.8, 4) is 5.75 Å². The van der Waals surface area contributed by atoms with Crippen molar-refractivity contribution in [1.29, 1.82) is 0 Å². The molecule has 0 fully saturated rings. The van der Waals surface area contributed by atoms with Gasteiger partial charge in [0, 0.05) is 25.8 Å². The zero-order chi connectivity index (χ0) is 15.0. The number of hydrogen-bond acceptors (Lipinski definition) is 4. The van der Waals surface area contributed by atoms with Crippen LogP contribution in [0.2, 0.25) is 0 Å². The zero-order valence-electron chi connectivity index (χ0n) is 13.0. The average molecular weight is 281 g/mol. The van der Waals surface area contributed by atoms with Crippen molar-refractivity contribution in [2.24, 2.45) is 5.92 Å². The van der Waals surface area contributed by atoms with Gasteiger partial charge in [-0.05, 0) is 18.9 Å². The molecular weight excluding hydrogens is 254 g/mol. The number of benzene rings is 1. The van der Waals surface area contributed by atoms with Gasteiger partial charge in [0.05, 0.1) is 12.2 Å². The van der Waals surface area contributed by atoms with Gasteiger partial charge in [0.15, 0.2) is 0 Å². The molecule has 4 nitrogen and oxygen atoms in total. The predicted molar refractivity (Wildman–Crippen MR) is 81.0 cm³/mol. The fourth-order valence-corrected chi connectivity index (χ4v) is 1.58. The molecule has 1 unspecified atom stereocenters. The van der Waals surface area contributed by atoms with E-state index in [0.717, 1.165) is 24.4 Å². The van der Waals surface area contributed by atoms with E-state index in [1.54, 1.807) is 14.0 Å². The molecule has 114 valence electrons. The minimum absolute atomic E-state index is 0.148. The van der Waals surface area contributed by atoms with Gasteiger partial charge in [0.1, 0.15) is 12.4 Å². The van der Waals surface area contributed by atoms with Crippen molar-refractivity contribution in [3.63, 3.8) is 0 Å². The third kappa shape index (κ3) is 5.49. The van der Waals surface area contributed by atoms with Crippen LogP contribution in [0.1, 0.15) is 26.3 Å². The number of para-hydroxylation sites is 1. The predicted octanol–water partition coefficient (Wildman–Crippen LogP) is 2.21. The van der Waals surface area contributed by atoms with Gasteiger partial charge in [-0.2, -0.15) is 0 Å². The Morgan fingerprint density at radius 1 is 1.30 bits per heavy atom. The van der Waals surface area contributed by atoms with E-state index in [9.17, 15) is 5.11 Å². The number of aliphatic hydroxyl groups is 1. The molecule has 2 N–H and O–H groups in total. The Hall–Kier alpha value is -1.10. The van der Waals surface area contributed by atoms with Crippen molar-refractivity contribution in [3.05, 3.63) is 29.8 Å². The lowest BCUT2D eigenvalue weighted by Gasteiger charge is -2.28. The molecule has 0 spiro atoms. The molecular formula is C16H27NO3. The Morgan fingerprint density at radius 3 is 2.65 bits per heavy atom. The van der Waals surface area contributed by atoms with Crippen LogP contribution in [-0.2, 0) is 11.3 Å². The van der Waals surface area contributed by atoms with Crippen molar-refractivity contribution in [1.82, 2.24) is 5.32 Å². The van der Waals surface area contributed by atoms with E-state index < -0.39 is 5.60 Å². The van der Waals surface area contributed by atoms with E-state index in [1.807, 2.05) is 38.1 Å². The maximum Gasteiger partial charge on any atom is 0.123 e. The highest BCUT2D eigenvalue weighted by Crippen LogP contribution is 2.22. The highest BCUT2D eigenvalue weighted by Gasteiger charge is 2.26. The third-order valence-corrected chi connectivity index (χ3v) is 3.53. The van der Waals surface area contributed by atoms with Gasteiger partial charge in [-0.1, -0.05) is 32.0 Å². The number of ether oxygens (including phenoxy) is 2. The second-order valence-corrected chi connectivity index (χ2v) is 5.58. The molecule has 1 rings (SSSR count). The summed E-state index contributed by atoms with van der Waals surface area (Å²) < 4.78 is 10.8. The van der Waals surface area contributed by atoms with Crippen LogP contribution < -0.4 is 10.1 Å². The van der Waals surface area contributed by atoms with Crippen LogP contribution in [0.3, 0.4) is 0 Å². The first-order valence-electron chi connectivity index (χ1n) is 7.10. The summed E-state index contributed by atoms with van der Waals surface area (Å²) in [6.07, 6.45) is 0. The third-order valence-electron chi connectivity index (χ3n) is 3.53. The Kier molecular flexibility index (Phi) is 6.99. The first kappa shape index (κ1) is 17.0. The SMILES string of the molecule is COCCNCc1ccccc1OCC(C)(O)C(C)C. The molecule has 0 aliphatic heterocycles. The highest BCUT2D eigenvalue weighted by atomic mass is 16.5. The summed E-state index contributed by atoms with van der Waals surface area (Å²) in [5.41, 5.74) is 0.263. The fraction of sp³-hybridized carbons (Fsp3) is 0.625. The summed E-state index contributed by atoms with van der Waals surface area (Å²) in [6, 6.07) is 7.89. The minimum Gasteiger partial charge on any atom is -0.490 e. The first-order valence-corrected chi connectivity index (χ1v) is 7.10. The largest absolute Gasteiger partial charge is 0.490 e. The van der Waals surface area contributed by atoms with E-state index in [2.05, 4.69) is 5.32 Å². The van der Waals surface area contributed by atoms with Gasteiger partial charge in [-0.25, -0.2) is 0 Å². The molecule has 0 heterocycles. The molecule has 0 amide bonds. The minimum atomic E-state index is -0.823. The van der Waals surface area contributed by atoms with Gasteiger partial charge in [0.2, 0.25) is 0 Å². The monoisotopic (exact) mass is 281 g/mol. The molecule has 0 saturated heterocycles. The Morgan fingerprint density at radius 2 is 2.00 bits per heavy atom. The summed E-state index contributed by atoms with van der Waals surface area (Å²) in [6.45, 7) is 8.28. The van der Waals surface area contributed by atoms with Gasteiger partial charge >= 0.3 is 0 Å². The average Bonchev–Trinajstić information content (AvgIpc) is 2.42. The van der Waals surface area contributed by atoms with Crippen molar-refractivity contribution in [2.45, 2.75) is 32.9 Å². The summed E-state index contributed by atoms with van der Waals surface area (Å²) in [5, 5.41) is 13.5. The standard InChI is InChI=1S/C16H27NO3/c1-13(2)16(3,18)12-20-15-8-6-5-7-14(15)11-17-9-10-19-4/h5-8,13,17-18H,9-12H2,1-4H3. The molecule has 0 aliphatic carbocycles. The summed E-state index contributed by atoms with van der Waals surface area (Å²) in [7, 11) is 1.69. The summed E-state index contributed by atoms with van der Waals surface area (Å²) in [5.74, 6) is 0.966. The van der Waals surface area contributed by atoms with E-state index in [-0.39, 0.29) is 5.92 Å². The van der Waals surface area contributed by atoms with E-state index in [4.69, 9.17) is 9.47 Å². The number of hydrogen-bond donors (Lipinski definition) is 2. The van der Waals surface area contributed by atoms with Crippen molar-refractivity contribution >= 4 is 0 Å². The Bertz CT molecular complexity index is 391. The summed E-state index contributed by atoms with van der Waals surface area (Å²) >= 11 is 0. The van der Waals surface area contributed by atoms with Crippen LogP contribution in [0.25, 0.3) is 0 Å². The van der Waals surface area contributed by atoms with E-state index >= 15 is 0 Å². The molecule has 0 bridgehead atoms. The highest BCUT2D eigenvalue weighted by molar-refractivity contribution is 5.33. The van der Waals surface area contributed by atoms with Crippen LogP contribution in [0.5, 0.6) is 5.75 Å². The van der Waals surface area contributed by atoms with Crippen LogP contribution in [-0.4, -0.2) is 37.6 Å². The van der Waals surface area contributed by atoms with Gasteiger partial charge in [-0.3, -0.25) is 0 Å². The topological polar surface area (TPSA) is 50.7 Å². The molecule has 4 heteroatoms. The molecule has 1 aromatic rings. The van der Waals surface area contributed by atoms with E-state index in [1.165, 1.54) is 0 Å². The van der Waals surface area contributed by atoms with Crippen LogP contribution in [0.4, 0.5) is 0 Å². The lowest BCUT2D eigenvalue weighted by atomic mass is 9.94. The molecule has 1 atom stereocenters. The molecule has 1 aromatic carbocycles. The zero-order valence-corrected chi connectivity index (χ0v) is 13.0. The number of rotatable bonds is 9. The quantitative estimate of drug-likeness (QED) is 0.681. The lowest BCUT2D eigenvalue weighted by molar-refractivity contribution is -0.0268. The fourth-order valence-electron chi connectivity index (χ4n) is 1.58. The lowest BCUT2D eigenvalue weighted by Crippen LogP contribution is -2.38. The molecule has 0 saturated carbocycles. The second-order valence-electron chi connectivity index (χ2n) is 5.58. The first-order chi connectivity index (χ1) is 9.47. The van der Waals surface area contributed by atoms with E-state index in [0.29, 0.717) is 13.2 Å².